The second-order valence-electron chi connectivity index (χ2n) is 5.04. The zero-order chi connectivity index (χ0) is 14.2. The van der Waals surface area contributed by atoms with E-state index in [4.69, 9.17) is 4.74 Å². The summed E-state index contributed by atoms with van der Waals surface area (Å²) in [7, 11) is 1.71. The Kier molecular flexibility index (Phi) is 5.63. The van der Waals surface area contributed by atoms with Gasteiger partial charge in [-0.3, -0.25) is 0 Å². The lowest BCUT2D eigenvalue weighted by atomic mass is 10.1. The number of nitrogens with one attached hydrogen (secondary N) is 1. The van der Waals surface area contributed by atoms with Gasteiger partial charge in [0.05, 0.1) is 7.11 Å². The summed E-state index contributed by atoms with van der Waals surface area (Å²) < 4.78 is 5.26. The Hall–Kier alpha value is -1.80. The molecule has 2 rings (SSSR count). The number of methoxy groups -OCH3 is 1. The predicted octanol–water partition coefficient (Wildman–Crippen LogP) is 3.98. The van der Waals surface area contributed by atoms with Crippen LogP contribution in [0.1, 0.15) is 30.5 Å². The first-order chi connectivity index (χ1) is 9.79. The van der Waals surface area contributed by atoms with Gasteiger partial charge < -0.3 is 10.1 Å². The molecule has 2 nitrogen and oxygen atoms in total. The Morgan fingerprint density at radius 1 is 1.05 bits per heavy atom. The van der Waals surface area contributed by atoms with E-state index in [1.807, 2.05) is 12.1 Å². The molecule has 0 aliphatic carbocycles. The van der Waals surface area contributed by atoms with E-state index in [1.165, 1.54) is 11.1 Å². The molecule has 1 atom stereocenters. The molecular formula is C18H23NO. The van der Waals surface area contributed by atoms with E-state index in [9.17, 15) is 0 Å². The topological polar surface area (TPSA) is 21.3 Å². The van der Waals surface area contributed by atoms with Crippen LogP contribution in [-0.4, -0.2) is 13.7 Å². The number of aryl methyl sites for hydroxylation is 1. The maximum atomic E-state index is 5.26. The number of rotatable bonds is 7. The lowest BCUT2D eigenvalue weighted by molar-refractivity contribution is 0.413. The highest BCUT2D eigenvalue weighted by Gasteiger charge is 2.05. The lowest BCUT2D eigenvalue weighted by Crippen LogP contribution is -2.20. The van der Waals surface area contributed by atoms with Crippen molar-refractivity contribution in [1.29, 1.82) is 0 Å². The first-order valence-corrected chi connectivity index (χ1v) is 7.21. The molecule has 2 heteroatoms. The molecule has 0 aliphatic heterocycles. The summed E-state index contributed by atoms with van der Waals surface area (Å²) in [5, 5.41) is 3.56. The predicted molar refractivity (Wildman–Crippen MR) is 84.2 cm³/mol. The molecule has 0 spiro atoms. The van der Waals surface area contributed by atoms with Crippen LogP contribution in [0.3, 0.4) is 0 Å². The summed E-state index contributed by atoms with van der Waals surface area (Å²) in [5.74, 6) is 0.917. The van der Waals surface area contributed by atoms with Crippen molar-refractivity contribution in [2.24, 2.45) is 0 Å². The molecule has 0 unspecified atom stereocenters. The van der Waals surface area contributed by atoms with Crippen LogP contribution < -0.4 is 10.1 Å². The standard InChI is InChI=1S/C18H23NO/c1-15(17-11-6-12-18(14-17)20-2)19-13-7-10-16-8-4-3-5-9-16/h3-6,8-9,11-12,14-15,19H,7,10,13H2,1-2H3/t15-/m0/s1. The quantitative estimate of drug-likeness (QED) is 0.768. The monoisotopic (exact) mass is 269 g/mol. The van der Waals surface area contributed by atoms with Gasteiger partial charge in [-0.1, -0.05) is 42.5 Å². The minimum Gasteiger partial charge on any atom is -0.497 e. The van der Waals surface area contributed by atoms with Crippen molar-refractivity contribution in [1.82, 2.24) is 5.32 Å². The van der Waals surface area contributed by atoms with Gasteiger partial charge in [-0.2, -0.15) is 0 Å². The maximum absolute atomic E-state index is 5.26. The van der Waals surface area contributed by atoms with E-state index >= 15 is 0 Å². The summed E-state index contributed by atoms with van der Waals surface area (Å²) in [6.45, 7) is 3.21. The van der Waals surface area contributed by atoms with Gasteiger partial charge in [0, 0.05) is 6.04 Å². The Morgan fingerprint density at radius 2 is 1.85 bits per heavy atom. The van der Waals surface area contributed by atoms with Crippen LogP contribution in [0.5, 0.6) is 5.75 Å². The van der Waals surface area contributed by atoms with Crippen LogP contribution in [0.25, 0.3) is 0 Å². The summed E-state index contributed by atoms with van der Waals surface area (Å²) in [6, 6.07) is 19.2. The van der Waals surface area contributed by atoms with Crippen LogP contribution in [0, 0.1) is 0 Å². The van der Waals surface area contributed by atoms with Crippen molar-refractivity contribution < 1.29 is 4.74 Å². The molecular weight excluding hydrogens is 246 g/mol. The van der Waals surface area contributed by atoms with Crippen LogP contribution in [-0.2, 0) is 6.42 Å². The molecule has 0 amide bonds. The fourth-order valence-electron chi connectivity index (χ4n) is 2.28. The number of hydrogen-bond donors (Lipinski definition) is 1. The molecule has 0 aromatic heterocycles. The van der Waals surface area contributed by atoms with Gasteiger partial charge in [-0.05, 0) is 49.6 Å². The number of ether oxygens (including phenoxy) is 1. The Balaban J connectivity index is 1.76. The fourth-order valence-corrected chi connectivity index (χ4v) is 2.28. The molecule has 0 radical (unpaired) electrons. The minimum atomic E-state index is 0.348. The third-order valence-corrected chi connectivity index (χ3v) is 3.53. The van der Waals surface area contributed by atoms with Crippen molar-refractivity contribution in [3.05, 3.63) is 65.7 Å². The Morgan fingerprint density at radius 3 is 2.60 bits per heavy atom. The van der Waals surface area contributed by atoms with Crippen molar-refractivity contribution in [2.45, 2.75) is 25.8 Å². The SMILES string of the molecule is COc1cccc([C@H](C)NCCCc2ccccc2)c1. The minimum absolute atomic E-state index is 0.348. The molecule has 0 aliphatic rings. The average Bonchev–Trinajstić information content (AvgIpc) is 2.52. The molecule has 1 N–H and O–H groups in total. The smallest absolute Gasteiger partial charge is 0.119 e. The third-order valence-electron chi connectivity index (χ3n) is 3.53. The van der Waals surface area contributed by atoms with Gasteiger partial charge in [0.1, 0.15) is 5.75 Å². The van der Waals surface area contributed by atoms with E-state index in [2.05, 4.69) is 54.7 Å². The molecule has 0 bridgehead atoms. The molecule has 0 saturated carbocycles. The van der Waals surface area contributed by atoms with Crippen molar-refractivity contribution in [3.63, 3.8) is 0 Å². The van der Waals surface area contributed by atoms with Crippen molar-refractivity contribution >= 4 is 0 Å². The van der Waals surface area contributed by atoms with Crippen molar-refractivity contribution in [3.8, 4) is 5.75 Å². The van der Waals surface area contributed by atoms with Crippen LogP contribution in [0.4, 0.5) is 0 Å². The molecule has 0 fully saturated rings. The maximum Gasteiger partial charge on any atom is 0.119 e. The molecule has 20 heavy (non-hydrogen) atoms. The second-order valence-corrected chi connectivity index (χ2v) is 5.04. The van der Waals surface area contributed by atoms with Gasteiger partial charge in [0.15, 0.2) is 0 Å². The van der Waals surface area contributed by atoms with Gasteiger partial charge in [-0.25, -0.2) is 0 Å². The molecule has 0 saturated heterocycles. The van der Waals surface area contributed by atoms with E-state index in [-0.39, 0.29) is 0 Å². The average molecular weight is 269 g/mol. The van der Waals surface area contributed by atoms with Crippen LogP contribution in [0.15, 0.2) is 54.6 Å². The van der Waals surface area contributed by atoms with Crippen LogP contribution in [0.2, 0.25) is 0 Å². The van der Waals surface area contributed by atoms with E-state index in [0.717, 1.165) is 25.1 Å². The largest absolute Gasteiger partial charge is 0.497 e. The first-order valence-electron chi connectivity index (χ1n) is 7.21. The summed E-state index contributed by atoms with van der Waals surface area (Å²) >= 11 is 0. The molecule has 106 valence electrons. The van der Waals surface area contributed by atoms with Crippen LogP contribution >= 0.6 is 0 Å². The second kappa shape index (κ2) is 7.71. The normalized spacial score (nSPS) is 12.1. The summed E-state index contributed by atoms with van der Waals surface area (Å²) in [6.07, 6.45) is 2.27. The highest BCUT2D eigenvalue weighted by atomic mass is 16.5. The summed E-state index contributed by atoms with van der Waals surface area (Å²) in [4.78, 5) is 0. The number of benzene rings is 2. The summed E-state index contributed by atoms with van der Waals surface area (Å²) in [5.41, 5.74) is 2.67. The van der Waals surface area contributed by atoms with E-state index < -0.39 is 0 Å². The van der Waals surface area contributed by atoms with Gasteiger partial charge in [-0.15, -0.1) is 0 Å². The lowest BCUT2D eigenvalue weighted by Gasteiger charge is -2.15. The molecule has 2 aromatic rings. The first kappa shape index (κ1) is 14.6. The van der Waals surface area contributed by atoms with Gasteiger partial charge in [0.2, 0.25) is 0 Å². The highest BCUT2D eigenvalue weighted by Crippen LogP contribution is 2.18. The number of hydrogen-bond acceptors (Lipinski definition) is 2. The van der Waals surface area contributed by atoms with Gasteiger partial charge in [0.25, 0.3) is 0 Å². The fraction of sp³-hybridized carbons (Fsp3) is 0.333. The zero-order valence-electron chi connectivity index (χ0n) is 12.3. The highest BCUT2D eigenvalue weighted by molar-refractivity contribution is 5.30. The Labute approximate surface area is 121 Å². The molecule has 0 heterocycles. The molecule has 2 aromatic carbocycles. The van der Waals surface area contributed by atoms with Gasteiger partial charge >= 0.3 is 0 Å². The zero-order valence-corrected chi connectivity index (χ0v) is 12.3. The van der Waals surface area contributed by atoms with Crippen molar-refractivity contribution in [2.75, 3.05) is 13.7 Å². The van der Waals surface area contributed by atoms with E-state index in [1.54, 1.807) is 7.11 Å². The van der Waals surface area contributed by atoms with E-state index in [0.29, 0.717) is 6.04 Å². The Bertz CT molecular complexity index is 510. The third kappa shape index (κ3) is 4.39.